The molecule has 4 N–H and O–H groups in total. The monoisotopic (exact) mass is 292 g/mol. The standard InChI is InChI=1S/C10H13ClN2O6/c11-3-10(4-14)7(17)6(16)8(19-10)13-2-1-5(15)12-9(13)18/h1-2,6-8,14,16-17H,3-4H2,(H,12,15,18)/t6?,7?,8-,10-/m0/s1. The normalized spacial score (nSPS) is 34.6. The largest absolute Gasteiger partial charge is 0.393 e. The quantitative estimate of drug-likeness (QED) is 0.467. The van der Waals surface area contributed by atoms with Crippen LogP contribution in [-0.2, 0) is 4.74 Å². The minimum atomic E-state index is -1.55. The summed E-state index contributed by atoms with van der Waals surface area (Å²) in [5.74, 6) is -0.268. The van der Waals surface area contributed by atoms with Crippen molar-refractivity contribution in [3.05, 3.63) is 33.1 Å². The number of H-pyrrole nitrogens is 1. The number of aliphatic hydroxyl groups excluding tert-OH is 3. The molecular weight excluding hydrogens is 280 g/mol. The Morgan fingerprint density at radius 1 is 1.47 bits per heavy atom. The van der Waals surface area contributed by atoms with Crippen LogP contribution in [-0.4, -0.2) is 55.2 Å². The molecular formula is C10H13ClN2O6. The lowest BCUT2D eigenvalue weighted by molar-refractivity contribution is -0.115. The molecule has 1 saturated heterocycles. The van der Waals surface area contributed by atoms with Gasteiger partial charge in [0.1, 0.15) is 17.8 Å². The number of nitrogens with one attached hydrogen (secondary N) is 1. The highest BCUT2D eigenvalue weighted by Gasteiger charge is 2.54. The predicted molar refractivity (Wildman–Crippen MR) is 64.0 cm³/mol. The topological polar surface area (TPSA) is 125 Å². The number of hydrogen-bond acceptors (Lipinski definition) is 6. The number of nitrogens with zero attached hydrogens (tertiary/aromatic N) is 1. The van der Waals surface area contributed by atoms with Crippen LogP contribution < -0.4 is 11.2 Å². The van der Waals surface area contributed by atoms with Crippen molar-refractivity contribution >= 4 is 11.6 Å². The van der Waals surface area contributed by atoms with Gasteiger partial charge in [-0.05, 0) is 0 Å². The van der Waals surface area contributed by atoms with Crippen LogP contribution in [0.4, 0.5) is 0 Å². The van der Waals surface area contributed by atoms with E-state index < -0.39 is 41.9 Å². The third-order valence-corrected chi connectivity index (χ3v) is 3.58. The summed E-state index contributed by atoms with van der Waals surface area (Å²) in [4.78, 5) is 24.6. The van der Waals surface area contributed by atoms with Crippen LogP contribution in [0.15, 0.2) is 21.9 Å². The van der Waals surface area contributed by atoms with Crippen LogP contribution in [0.5, 0.6) is 0 Å². The summed E-state index contributed by atoms with van der Waals surface area (Å²) in [5.41, 5.74) is -2.95. The fourth-order valence-corrected chi connectivity index (χ4v) is 2.29. The molecule has 1 aromatic rings. The molecule has 9 heteroatoms. The second-order valence-corrected chi connectivity index (χ2v) is 4.59. The molecule has 0 bridgehead atoms. The van der Waals surface area contributed by atoms with E-state index in [9.17, 15) is 24.9 Å². The maximum absolute atomic E-state index is 11.6. The van der Waals surface area contributed by atoms with E-state index in [1.807, 2.05) is 4.98 Å². The van der Waals surface area contributed by atoms with E-state index in [1.165, 1.54) is 0 Å². The van der Waals surface area contributed by atoms with Crippen molar-refractivity contribution in [1.29, 1.82) is 0 Å². The highest BCUT2D eigenvalue weighted by atomic mass is 35.5. The van der Waals surface area contributed by atoms with Gasteiger partial charge in [-0.3, -0.25) is 14.3 Å². The minimum absolute atomic E-state index is 0.268. The summed E-state index contributed by atoms with van der Waals surface area (Å²) in [6, 6.07) is 1.07. The number of aliphatic hydroxyl groups is 3. The Balaban J connectivity index is 2.42. The molecule has 1 aliphatic heterocycles. The van der Waals surface area contributed by atoms with E-state index in [0.717, 1.165) is 16.8 Å². The van der Waals surface area contributed by atoms with Gasteiger partial charge in [-0.15, -0.1) is 11.6 Å². The maximum atomic E-state index is 11.6. The maximum Gasteiger partial charge on any atom is 0.330 e. The molecule has 0 spiro atoms. The molecule has 2 heterocycles. The SMILES string of the molecule is O=c1ccn([C@H]2O[C@](CO)(CCl)C(O)C2O)c(=O)[nH]1. The molecule has 0 saturated carbocycles. The van der Waals surface area contributed by atoms with Crippen molar-refractivity contribution in [2.75, 3.05) is 12.5 Å². The van der Waals surface area contributed by atoms with Gasteiger partial charge in [0, 0.05) is 12.3 Å². The van der Waals surface area contributed by atoms with Crippen molar-refractivity contribution in [2.45, 2.75) is 24.0 Å². The molecule has 0 aliphatic carbocycles. The van der Waals surface area contributed by atoms with Gasteiger partial charge in [-0.25, -0.2) is 4.79 Å². The average molecular weight is 293 g/mol. The van der Waals surface area contributed by atoms with Crippen LogP contribution in [0.3, 0.4) is 0 Å². The number of hydrogen-bond donors (Lipinski definition) is 4. The fourth-order valence-electron chi connectivity index (χ4n) is 1.98. The highest BCUT2D eigenvalue weighted by molar-refractivity contribution is 6.18. The molecule has 106 valence electrons. The summed E-state index contributed by atoms with van der Waals surface area (Å²) in [6.45, 7) is -0.622. The molecule has 19 heavy (non-hydrogen) atoms. The number of halogens is 1. The third-order valence-electron chi connectivity index (χ3n) is 3.13. The molecule has 2 rings (SSSR count). The van der Waals surface area contributed by atoms with Gasteiger partial charge < -0.3 is 20.1 Å². The zero-order chi connectivity index (χ0) is 14.2. The Morgan fingerprint density at radius 3 is 2.63 bits per heavy atom. The van der Waals surface area contributed by atoms with Crippen molar-refractivity contribution in [3.8, 4) is 0 Å². The predicted octanol–water partition coefficient (Wildman–Crippen LogP) is -2.24. The first-order valence-corrected chi connectivity index (χ1v) is 6.01. The Kier molecular flexibility index (Phi) is 3.79. The number of aromatic nitrogens is 2. The second kappa shape index (κ2) is 5.06. The second-order valence-electron chi connectivity index (χ2n) is 4.32. The zero-order valence-corrected chi connectivity index (χ0v) is 10.4. The van der Waals surface area contributed by atoms with Crippen molar-refractivity contribution in [2.24, 2.45) is 0 Å². The molecule has 0 radical (unpaired) electrons. The summed E-state index contributed by atoms with van der Waals surface area (Å²) >= 11 is 5.64. The molecule has 0 aromatic carbocycles. The Morgan fingerprint density at radius 2 is 2.16 bits per heavy atom. The van der Waals surface area contributed by atoms with Crippen LogP contribution >= 0.6 is 11.6 Å². The summed E-state index contributed by atoms with van der Waals surface area (Å²) < 4.78 is 6.25. The lowest BCUT2D eigenvalue weighted by Crippen LogP contribution is -2.47. The van der Waals surface area contributed by atoms with Crippen LogP contribution in [0.2, 0.25) is 0 Å². The van der Waals surface area contributed by atoms with E-state index in [-0.39, 0.29) is 5.88 Å². The Labute approximate surface area is 111 Å². The average Bonchev–Trinajstić information content (AvgIpc) is 2.64. The molecule has 4 atom stereocenters. The first-order chi connectivity index (χ1) is 8.95. The molecule has 1 aromatic heterocycles. The number of aromatic amines is 1. The molecule has 1 aliphatic rings. The van der Waals surface area contributed by atoms with E-state index in [1.54, 1.807) is 0 Å². The van der Waals surface area contributed by atoms with E-state index >= 15 is 0 Å². The molecule has 2 unspecified atom stereocenters. The smallest absolute Gasteiger partial charge is 0.330 e. The van der Waals surface area contributed by atoms with Crippen molar-refractivity contribution in [1.82, 2.24) is 9.55 Å². The number of alkyl halides is 1. The van der Waals surface area contributed by atoms with Crippen molar-refractivity contribution < 1.29 is 20.1 Å². The van der Waals surface area contributed by atoms with Crippen LogP contribution in [0.25, 0.3) is 0 Å². The lowest BCUT2D eigenvalue weighted by atomic mass is 9.98. The van der Waals surface area contributed by atoms with E-state index in [0.29, 0.717) is 0 Å². The molecule has 1 fully saturated rings. The number of ether oxygens (including phenoxy) is 1. The van der Waals surface area contributed by atoms with Gasteiger partial charge in [0.2, 0.25) is 0 Å². The van der Waals surface area contributed by atoms with Gasteiger partial charge >= 0.3 is 5.69 Å². The lowest BCUT2D eigenvalue weighted by Gasteiger charge is -2.27. The Bertz CT molecular complexity index is 566. The summed E-state index contributed by atoms with van der Waals surface area (Å²) in [7, 11) is 0. The van der Waals surface area contributed by atoms with Crippen LogP contribution in [0, 0.1) is 0 Å². The van der Waals surface area contributed by atoms with E-state index in [2.05, 4.69) is 0 Å². The van der Waals surface area contributed by atoms with E-state index in [4.69, 9.17) is 16.3 Å². The number of rotatable bonds is 3. The minimum Gasteiger partial charge on any atom is -0.393 e. The first kappa shape index (κ1) is 14.2. The fraction of sp³-hybridized carbons (Fsp3) is 0.600. The van der Waals surface area contributed by atoms with Crippen LogP contribution in [0.1, 0.15) is 6.23 Å². The summed E-state index contributed by atoms with van der Waals surface area (Å²) in [5, 5.41) is 29.0. The first-order valence-electron chi connectivity index (χ1n) is 5.47. The molecule has 0 amide bonds. The van der Waals surface area contributed by atoms with Gasteiger partial charge in [-0.2, -0.15) is 0 Å². The third kappa shape index (κ3) is 2.21. The van der Waals surface area contributed by atoms with Gasteiger partial charge in [0.05, 0.1) is 12.5 Å². The Hall–Kier alpha value is -1.19. The summed E-state index contributed by atoms with van der Waals surface area (Å²) in [6.07, 6.45) is -3.04. The van der Waals surface area contributed by atoms with Crippen molar-refractivity contribution in [3.63, 3.8) is 0 Å². The van der Waals surface area contributed by atoms with Gasteiger partial charge in [0.15, 0.2) is 6.23 Å². The highest BCUT2D eigenvalue weighted by Crippen LogP contribution is 2.36. The van der Waals surface area contributed by atoms with Gasteiger partial charge in [0.25, 0.3) is 5.56 Å². The van der Waals surface area contributed by atoms with Gasteiger partial charge in [-0.1, -0.05) is 0 Å². The zero-order valence-electron chi connectivity index (χ0n) is 9.69. The molecule has 8 nitrogen and oxygen atoms in total.